The average Bonchev–Trinajstić information content (AvgIpc) is 3.03. The molecule has 0 bridgehead atoms. The van der Waals surface area contributed by atoms with Crippen molar-refractivity contribution < 1.29 is 9.53 Å². The van der Waals surface area contributed by atoms with E-state index in [1.54, 1.807) is 23.1 Å². The van der Waals surface area contributed by atoms with Crippen LogP contribution >= 0.6 is 23.1 Å². The highest BCUT2D eigenvalue weighted by atomic mass is 32.2. The minimum Gasteiger partial charge on any atom is -0.467 e. The predicted molar refractivity (Wildman–Crippen MR) is 79.2 cm³/mol. The molecule has 0 radical (unpaired) electrons. The number of ether oxygens (including phenoxy) is 1. The maximum atomic E-state index is 11.4. The summed E-state index contributed by atoms with van der Waals surface area (Å²) >= 11 is 3.18. The van der Waals surface area contributed by atoms with Crippen molar-refractivity contribution >= 4 is 44.3 Å². The zero-order valence-corrected chi connectivity index (χ0v) is 12.2. The van der Waals surface area contributed by atoms with Gasteiger partial charge >= 0.3 is 5.97 Å². The molecule has 1 atom stereocenters. The van der Waals surface area contributed by atoms with E-state index >= 15 is 0 Å². The lowest BCUT2D eigenvalue weighted by atomic mass is 10.2. The zero-order chi connectivity index (χ0) is 13.4. The summed E-state index contributed by atoms with van der Waals surface area (Å²) < 4.78 is 5.87. The lowest BCUT2D eigenvalue weighted by Gasteiger charge is -2.00. The molecule has 3 rings (SSSR count). The number of hydrogen-bond acceptors (Lipinski definition) is 6. The van der Waals surface area contributed by atoms with E-state index < -0.39 is 6.04 Å². The van der Waals surface area contributed by atoms with Crippen LogP contribution in [0.1, 0.15) is 10.6 Å². The van der Waals surface area contributed by atoms with Crippen molar-refractivity contribution in [3.8, 4) is 0 Å². The van der Waals surface area contributed by atoms with Crippen LogP contribution in [0.2, 0.25) is 0 Å². The number of aliphatic imine (C=N–C) groups is 1. The Morgan fingerprint density at radius 1 is 1.47 bits per heavy atom. The molecule has 0 fully saturated rings. The summed E-state index contributed by atoms with van der Waals surface area (Å²) in [6.07, 6.45) is 0. The van der Waals surface area contributed by atoms with Crippen LogP contribution in [-0.2, 0) is 9.53 Å². The molecule has 1 aromatic heterocycles. The number of aryl methyl sites for hydroxylation is 1. The molecule has 1 aromatic carbocycles. The van der Waals surface area contributed by atoms with Crippen LogP contribution < -0.4 is 0 Å². The summed E-state index contributed by atoms with van der Waals surface area (Å²) in [5.41, 5.74) is 2.20. The van der Waals surface area contributed by atoms with Crippen LogP contribution in [0.3, 0.4) is 0 Å². The van der Waals surface area contributed by atoms with Crippen LogP contribution in [-0.4, -0.2) is 34.9 Å². The summed E-state index contributed by atoms with van der Waals surface area (Å²) in [6.45, 7) is 2.06. The zero-order valence-electron chi connectivity index (χ0n) is 10.5. The highest BCUT2D eigenvalue weighted by Crippen LogP contribution is 2.30. The van der Waals surface area contributed by atoms with Gasteiger partial charge in [0.2, 0.25) is 0 Å². The van der Waals surface area contributed by atoms with E-state index in [1.807, 2.05) is 12.1 Å². The number of thioether (sulfide) groups is 1. The third-order valence-electron chi connectivity index (χ3n) is 2.85. The number of methoxy groups -OCH3 is 1. The minimum absolute atomic E-state index is 0.278. The smallest absolute Gasteiger partial charge is 0.331 e. The number of carbonyl (C=O) groups is 1. The summed E-state index contributed by atoms with van der Waals surface area (Å²) in [5, 5.41) is 1.73. The van der Waals surface area contributed by atoms with Gasteiger partial charge in [-0.15, -0.1) is 23.1 Å². The fourth-order valence-electron chi connectivity index (χ4n) is 1.87. The fraction of sp³-hybridized carbons (Fsp3) is 0.308. The molecule has 0 amide bonds. The molecule has 0 saturated heterocycles. The second-order valence-electron chi connectivity index (χ2n) is 4.27. The molecule has 1 aliphatic rings. The second-order valence-corrected chi connectivity index (χ2v) is 6.31. The molecule has 4 nitrogen and oxygen atoms in total. The highest BCUT2D eigenvalue weighted by molar-refractivity contribution is 8.15. The largest absolute Gasteiger partial charge is 0.467 e. The van der Waals surface area contributed by atoms with Crippen molar-refractivity contribution in [1.29, 1.82) is 0 Å². The molecular weight excluding hydrogens is 280 g/mol. The maximum absolute atomic E-state index is 11.4. The Labute approximate surface area is 118 Å². The summed E-state index contributed by atoms with van der Waals surface area (Å²) in [5.74, 6) is 0.358. The van der Waals surface area contributed by atoms with Gasteiger partial charge in [-0.2, -0.15) is 0 Å². The van der Waals surface area contributed by atoms with Gasteiger partial charge in [0, 0.05) is 5.75 Å². The van der Waals surface area contributed by atoms with Crippen LogP contribution in [0.25, 0.3) is 10.2 Å². The third kappa shape index (κ3) is 2.37. The van der Waals surface area contributed by atoms with E-state index in [0.29, 0.717) is 5.75 Å². The van der Waals surface area contributed by atoms with Crippen molar-refractivity contribution in [3.05, 3.63) is 28.8 Å². The molecule has 0 saturated carbocycles. The number of thiazole rings is 1. The van der Waals surface area contributed by atoms with Crippen molar-refractivity contribution in [2.45, 2.75) is 13.0 Å². The predicted octanol–water partition coefficient (Wildman–Crippen LogP) is 2.64. The van der Waals surface area contributed by atoms with Crippen LogP contribution in [0.4, 0.5) is 0 Å². The van der Waals surface area contributed by atoms with Gasteiger partial charge in [-0.1, -0.05) is 6.07 Å². The second kappa shape index (κ2) is 4.94. The molecule has 2 aromatic rings. The van der Waals surface area contributed by atoms with Gasteiger partial charge in [-0.05, 0) is 24.6 Å². The van der Waals surface area contributed by atoms with Gasteiger partial charge < -0.3 is 4.74 Å². The Hall–Kier alpha value is -1.40. The number of fused-ring (bicyclic) bond motifs is 1. The average molecular weight is 292 g/mol. The monoisotopic (exact) mass is 292 g/mol. The standard InChI is InChI=1S/C13H12N2O2S2/c1-7-3-4-8-10(5-7)19-12(14-8)11-15-9(6-18-11)13(16)17-2/h3-5,9H,6H2,1-2H3. The third-order valence-corrected chi connectivity index (χ3v) is 5.06. The Balaban J connectivity index is 1.95. The molecule has 0 N–H and O–H groups in total. The van der Waals surface area contributed by atoms with E-state index in [0.717, 1.165) is 20.3 Å². The van der Waals surface area contributed by atoms with E-state index in [-0.39, 0.29) is 5.97 Å². The number of carbonyl (C=O) groups excluding carboxylic acids is 1. The van der Waals surface area contributed by atoms with Gasteiger partial charge in [0.15, 0.2) is 6.04 Å². The molecule has 0 aliphatic carbocycles. The van der Waals surface area contributed by atoms with Crippen molar-refractivity contribution in [2.75, 3.05) is 12.9 Å². The van der Waals surface area contributed by atoms with Crippen molar-refractivity contribution in [3.63, 3.8) is 0 Å². The molecule has 1 unspecified atom stereocenters. The van der Waals surface area contributed by atoms with Crippen molar-refractivity contribution in [1.82, 2.24) is 4.98 Å². The number of rotatable bonds is 2. The maximum Gasteiger partial charge on any atom is 0.331 e. The first kappa shape index (κ1) is 12.6. The Kier molecular flexibility index (Phi) is 3.28. The van der Waals surface area contributed by atoms with Gasteiger partial charge in [0.05, 0.1) is 17.3 Å². The summed E-state index contributed by atoms with van der Waals surface area (Å²) in [6, 6.07) is 5.79. The van der Waals surface area contributed by atoms with E-state index in [9.17, 15) is 4.79 Å². The van der Waals surface area contributed by atoms with Crippen LogP contribution in [0.15, 0.2) is 23.2 Å². The van der Waals surface area contributed by atoms with Gasteiger partial charge in [0.25, 0.3) is 0 Å². The molecule has 19 heavy (non-hydrogen) atoms. The molecule has 0 spiro atoms. The lowest BCUT2D eigenvalue weighted by molar-refractivity contribution is -0.141. The van der Waals surface area contributed by atoms with E-state index in [2.05, 4.69) is 23.0 Å². The molecule has 98 valence electrons. The van der Waals surface area contributed by atoms with E-state index in [1.165, 1.54) is 12.7 Å². The minimum atomic E-state index is -0.390. The number of nitrogens with zero attached hydrogens (tertiary/aromatic N) is 2. The van der Waals surface area contributed by atoms with Gasteiger partial charge in [0.1, 0.15) is 10.1 Å². The number of hydrogen-bond donors (Lipinski definition) is 0. The van der Waals surface area contributed by atoms with Crippen molar-refractivity contribution in [2.24, 2.45) is 4.99 Å². The van der Waals surface area contributed by atoms with Gasteiger partial charge in [-0.25, -0.2) is 9.78 Å². The first-order chi connectivity index (χ1) is 9.17. The molecule has 2 heterocycles. The SMILES string of the molecule is COC(=O)C1CSC(c2nc3ccc(C)cc3s2)=N1. The molecule has 6 heteroatoms. The normalized spacial score (nSPS) is 18.6. The molecular formula is C13H12N2O2S2. The summed E-state index contributed by atoms with van der Waals surface area (Å²) in [7, 11) is 1.39. The Bertz CT molecular complexity index is 678. The van der Waals surface area contributed by atoms with Gasteiger partial charge in [-0.3, -0.25) is 4.99 Å². The lowest BCUT2D eigenvalue weighted by Crippen LogP contribution is -2.19. The van der Waals surface area contributed by atoms with Crippen LogP contribution in [0, 0.1) is 6.92 Å². The Morgan fingerprint density at radius 3 is 3.11 bits per heavy atom. The van der Waals surface area contributed by atoms with Crippen LogP contribution in [0.5, 0.6) is 0 Å². The first-order valence-corrected chi connectivity index (χ1v) is 7.63. The summed E-state index contributed by atoms with van der Waals surface area (Å²) in [4.78, 5) is 20.4. The number of benzene rings is 1. The first-order valence-electron chi connectivity index (χ1n) is 5.83. The van der Waals surface area contributed by atoms with E-state index in [4.69, 9.17) is 4.74 Å². The molecule has 1 aliphatic heterocycles. The number of esters is 1. The Morgan fingerprint density at radius 2 is 2.32 bits per heavy atom. The topological polar surface area (TPSA) is 51.5 Å². The number of aromatic nitrogens is 1. The quantitative estimate of drug-likeness (QED) is 0.799. The fourth-order valence-corrected chi connectivity index (χ4v) is 4.03. The highest BCUT2D eigenvalue weighted by Gasteiger charge is 2.27.